The van der Waals surface area contributed by atoms with Crippen LogP contribution in [0.25, 0.3) is 0 Å². The van der Waals surface area contributed by atoms with E-state index in [-0.39, 0.29) is 17.4 Å². The zero-order chi connectivity index (χ0) is 11.6. The molecule has 0 spiro atoms. The molecule has 1 heterocycles. The third kappa shape index (κ3) is 3.18. The van der Waals surface area contributed by atoms with Gasteiger partial charge < -0.3 is 15.7 Å². The first-order valence-electron chi connectivity index (χ1n) is 5.55. The Morgan fingerprint density at radius 3 is 2.27 bits per heavy atom. The lowest BCUT2D eigenvalue weighted by molar-refractivity contribution is -0.136. The number of aliphatic hydroxyl groups excluding tert-OH is 1. The zero-order valence-corrected chi connectivity index (χ0v) is 9.86. The van der Waals surface area contributed by atoms with E-state index in [1.54, 1.807) is 4.90 Å². The second kappa shape index (κ2) is 4.49. The highest BCUT2D eigenvalue weighted by atomic mass is 16.3. The summed E-state index contributed by atoms with van der Waals surface area (Å²) in [5.74, 6) is 0.00870. The average molecular weight is 214 g/mol. The highest BCUT2D eigenvalue weighted by Gasteiger charge is 2.32. The van der Waals surface area contributed by atoms with Gasteiger partial charge in [-0.25, -0.2) is 0 Å². The lowest BCUT2D eigenvalue weighted by Gasteiger charge is -2.35. The van der Waals surface area contributed by atoms with Gasteiger partial charge in [0.2, 0.25) is 5.91 Å². The molecular weight excluding hydrogens is 192 g/mol. The minimum atomic E-state index is -0.451. The Balaban J connectivity index is 2.54. The number of carbonyl (C=O) groups excluding carboxylic acids is 1. The summed E-state index contributed by atoms with van der Waals surface area (Å²) in [6, 6.07) is -0.451. The molecule has 1 atom stereocenters. The van der Waals surface area contributed by atoms with Crippen LogP contribution in [0.4, 0.5) is 0 Å². The zero-order valence-electron chi connectivity index (χ0n) is 9.86. The van der Waals surface area contributed by atoms with E-state index in [2.05, 4.69) is 0 Å². The molecule has 1 amide bonds. The molecule has 0 aromatic carbocycles. The second-order valence-electron chi connectivity index (χ2n) is 5.40. The van der Waals surface area contributed by atoms with E-state index in [4.69, 9.17) is 5.73 Å². The van der Waals surface area contributed by atoms with Crippen molar-refractivity contribution in [1.29, 1.82) is 0 Å². The number of amides is 1. The summed E-state index contributed by atoms with van der Waals surface area (Å²) in [6.07, 6.45) is 1.09. The van der Waals surface area contributed by atoms with Crippen molar-refractivity contribution in [2.45, 2.75) is 45.8 Å². The van der Waals surface area contributed by atoms with Gasteiger partial charge in [-0.05, 0) is 18.3 Å². The van der Waals surface area contributed by atoms with Gasteiger partial charge in [-0.15, -0.1) is 0 Å². The standard InChI is InChI=1S/C11H22N2O2/c1-11(2,3)9(12)10(15)13-6-4-8(14)5-7-13/h8-9,14H,4-7,12H2,1-3H3/t9-/m0/s1. The first-order valence-corrected chi connectivity index (χ1v) is 5.55. The molecule has 4 nitrogen and oxygen atoms in total. The SMILES string of the molecule is CC(C)(C)[C@@H](N)C(=O)N1CCC(O)CC1. The summed E-state index contributed by atoms with van der Waals surface area (Å²) in [5, 5.41) is 9.34. The van der Waals surface area contributed by atoms with Crippen molar-refractivity contribution in [2.24, 2.45) is 11.1 Å². The highest BCUT2D eigenvalue weighted by Crippen LogP contribution is 2.20. The van der Waals surface area contributed by atoms with E-state index >= 15 is 0 Å². The smallest absolute Gasteiger partial charge is 0.240 e. The fourth-order valence-electron chi connectivity index (χ4n) is 1.65. The molecule has 1 saturated heterocycles. The minimum absolute atomic E-state index is 0.00870. The van der Waals surface area contributed by atoms with Crippen LogP contribution in [0.3, 0.4) is 0 Å². The normalized spacial score (nSPS) is 21.5. The van der Waals surface area contributed by atoms with Gasteiger partial charge in [-0.2, -0.15) is 0 Å². The van der Waals surface area contributed by atoms with Crippen molar-refractivity contribution >= 4 is 5.91 Å². The van der Waals surface area contributed by atoms with E-state index in [1.807, 2.05) is 20.8 Å². The molecule has 15 heavy (non-hydrogen) atoms. The summed E-state index contributed by atoms with van der Waals surface area (Å²) in [6.45, 7) is 7.16. The topological polar surface area (TPSA) is 66.6 Å². The van der Waals surface area contributed by atoms with Gasteiger partial charge in [-0.3, -0.25) is 4.79 Å². The van der Waals surface area contributed by atoms with Crippen molar-refractivity contribution in [2.75, 3.05) is 13.1 Å². The van der Waals surface area contributed by atoms with Gasteiger partial charge in [0.25, 0.3) is 0 Å². The van der Waals surface area contributed by atoms with Crippen LogP contribution in [0.1, 0.15) is 33.6 Å². The molecule has 88 valence electrons. The second-order valence-corrected chi connectivity index (χ2v) is 5.40. The van der Waals surface area contributed by atoms with Crippen LogP contribution >= 0.6 is 0 Å². The molecule has 0 unspecified atom stereocenters. The van der Waals surface area contributed by atoms with Gasteiger partial charge >= 0.3 is 0 Å². The first kappa shape index (κ1) is 12.5. The number of nitrogens with two attached hydrogens (primary N) is 1. The van der Waals surface area contributed by atoms with Crippen LogP contribution in [0, 0.1) is 5.41 Å². The monoisotopic (exact) mass is 214 g/mol. The molecule has 1 aliphatic rings. The number of nitrogens with zero attached hydrogens (tertiary/aromatic N) is 1. The fourth-order valence-corrected chi connectivity index (χ4v) is 1.65. The van der Waals surface area contributed by atoms with Crippen LogP contribution in [-0.2, 0) is 4.79 Å². The largest absolute Gasteiger partial charge is 0.393 e. The molecule has 0 saturated carbocycles. The lowest BCUT2D eigenvalue weighted by atomic mass is 9.86. The average Bonchev–Trinajstić information content (AvgIpc) is 2.15. The summed E-state index contributed by atoms with van der Waals surface area (Å²) in [5.41, 5.74) is 5.70. The number of rotatable bonds is 1. The molecule has 4 heteroatoms. The maximum absolute atomic E-state index is 12.0. The van der Waals surface area contributed by atoms with Crippen molar-refractivity contribution in [3.63, 3.8) is 0 Å². The Morgan fingerprint density at radius 1 is 1.40 bits per heavy atom. The van der Waals surface area contributed by atoms with Crippen LogP contribution in [0.15, 0.2) is 0 Å². The Kier molecular flexibility index (Phi) is 3.73. The van der Waals surface area contributed by atoms with Gasteiger partial charge in [-0.1, -0.05) is 20.8 Å². The van der Waals surface area contributed by atoms with E-state index in [9.17, 15) is 9.90 Å². The van der Waals surface area contributed by atoms with E-state index < -0.39 is 6.04 Å². The van der Waals surface area contributed by atoms with Crippen molar-refractivity contribution in [1.82, 2.24) is 4.90 Å². The van der Waals surface area contributed by atoms with E-state index in [0.29, 0.717) is 25.9 Å². The Morgan fingerprint density at radius 2 is 1.87 bits per heavy atom. The maximum Gasteiger partial charge on any atom is 0.240 e. The van der Waals surface area contributed by atoms with E-state index in [1.165, 1.54) is 0 Å². The Bertz CT molecular complexity index is 227. The van der Waals surface area contributed by atoms with Gasteiger partial charge in [0.1, 0.15) is 0 Å². The molecule has 1 fully saturated rings. The third-order valence-electron chi connectivity index (χ3n) is 2.98. The fraction of sp³-hybridized carbons (Fsp3) is 0.909. The maximum atomic E-state index is 12.0. The number of hydrogen-bond acceptors (Lipinski definition) is 3. The van der Waals surface area contributed by atoms with Crippen molar-refractivity contribution in [3.05, 3.63) is 0 Å². The number of carbonyl (C=O) groups is 1. The van der Waals surface area contributed by atoms with Crippen molar-refractivity contribution < 1.29 is 9.90 Å². The van der Waals surface area contributed by atoms with Gasteiger partial charge in [0, 0.05) is 13.1 Å². The Hall–Kier alpha value is -0.610. The van der Waals surface area contributed by atoms with Crippen LogP contribution in [0.5, 0.6) is 0 Å². The van der Waals surface area contributed by atoms with Crippen LogP contribution in [-0.4, -0.2) is 41.1 Å². The van der Waals surface area contributed by atoms with Crippen LogP contribution in [0.2, 0.25) is 0 Å². The molecular formula is C11H22N2O2. The molecule has 0 bridgehead atoms. The van der Waals surface area contributed by atoms with Gasteiger partial charge in [0.15, 0.2) is 0 Å². The third-order valence-corrected chi connectivity index (χ3v) is 2.98. The molecule has 0 aliphatic carbocycles. The number of piperidine rings is 1. The van der Waals surface area contributed by atoms with Crippen LogP contribution < -0.4 is 5.73 Å². The molecule has 0 aromatic rings. The molecule has 0 radical (unpaired) electrons. The summed E-state index contributed by atoms with van der Waals surface area (Å²) < 4.78 is 0. The highest BCUT2D eigenvalue weighted by molar-refractivity contribution is 5.82. The molecule has 0 aromatic heterocycles. The summed E-state index contributed by atoms with van der Waals surface area (Å²) >= 11 is 0. The summed E-state index contributed by atoms with van der Waals surface area (Å²) in [7, 11) is 0. The minimum Gasteiger partial charge on any atom is -0.393 e. The first-order chi connectivity index (χ1) is 6.82. The molecule has 1 aliphatic heterocycles. The Labute approximate surface area is 91.4 Å². The predicted octanol–water partition coefficient (Wildman–Crippen LogP) is 0.343. The molecule has 3 N–H and O–H groups in total. The van der Waals surface area contributed by atoms with Gasteiger partial charge in [0.05, 0.1) is 12.1 Å². The quantitative estimate of drug-likeness (QED) is 0.661. The molecule has 1 rings (SSSR count). The van der Waals surface area contributed by atoms with E-state index in [0.717, 1.165) is 0 Å². The summed E-state index contributed by atoms with van der Waals surface area (Å²) in [4.78, 5) is 13.7. The predicted molar refractivity (Wildman–Crippen MR) is 59.3 cm³/mol. The lowest BCUT2D eigenvalue weighted by Crippen LogP contribution is -2.52. The number of aliphatic hydroxyl groups is 1. The number of likely N-dealkylation sites (tertiary alicyclic amines) is 1. The van der Waals surface area contributed by atoms with Crippen molar-refractivity contribution in [3.8, 4) is 0 Å². The number of hydrogen-bond donors (Lipinski definition) is 2.